The van der Waals surface area contributed by atoms with Crippen molar-refractivity contribution in [3.8, 4) is 16.4 Å². The highest BCUT2D eigenvalue weighted by Crippen LogP contribution is 2.25. The van der Waals surface area contributed by atoms with E-state index in [4.69, 9.17) is 4.74 Å². The zero-order valence-electron chi connectivity index (χ0n) is 17.2. The van der Waals surface area contributed by atoms with Gasteiger partial charge in [-0.1, -0.05) is 18.2 Å². The van der Waals surface area contributed by atoms with E-state index in [0.717, 1.165) is 10.4 Å². The maximum atomic E-state index is 13.3. The molecule has 2 aromatic carbocycles. The highest BCUT2D eigenvalue weighted by atomic mass is 32.1. The summed E-state index contributed by atoms with van der Waals surface area (Å²) < 4.78 is 32.7. The molecule has 2 aromatic heterocycles. The van der Waals surface area contributed by atoms with E-state index in [1.807, 2.05) is 17.5 Å². The fraction of sp³-hybridized carbons (Fsp3) is 0.130. The van der Waals surface area contributed by atoms with Crippen LogP contribution in [0.2, 0.25) is 0 Å². The molecule has 0 aliphatic heterocycles. The Balaban J connectivity index is 1.38. The maximum absolute atomic E-state index is 13.3. The van der Waals surface area contributed by atoms with Gasteiger partial charge in [0, 0.05) is 6.54 Å². The maximum Gasteiger partial charge on any atom is 0.378 e. The van der Waals surface area contributed by atoms with E-state index < -0.39 is 24.3 Å². The minimum absolute atomic E-state index is 0.221. The van der Waals surface area contributed by atoms with Crippen molar-refractivity contribution in [1.82, 2.24) is 20.1 Å². The van der Waals surface area contributed by atoms with Crippen LogP contribution in [-0.4, -0.2) is 39.8 Å². The number of nitrogens with one attached hydrogen (secondary N) is 1. The predicted octanol–water partition coefficient (Wildman–Crippen LogP) is 3.79. The first-order valence-electron chi connectivity index (χ1n) is 9.95. The molecule has 168 valence electrons. The molecule has 0 bridgehead atoms. The Morgan fingerprint density at radius 2 is 1.70 bits per heavy atom. The zero-order chi connectivity index (χ0) is 23.2. The normalized spacial score (nSPS) is 10.7. The molecule has 1 amide bonds. The molecule has 1 N–H and O–H groups in total. The zero-order valence-corrected chi connectivity index (χ0v) is 18.0. The largest absolute Gasteiger partial charge is 0.450 e. The van der Waals surface area contributed by atoms with Crippen LogP contribution in [0.4, 0.5) is 8.78 Å². The molecule has 0 aliphatic rings. The van der Waals surface area contributed by atoms with Crippen molar-refractivity contribution >= 4 is 23.2 Å². The molecule has 4 aromatic rings. The average molecular weight is 468 g/mol. The summed E-state index contributed by atoms with van der Waals surface area (Å²) in [4.78, 5) is 29.5. The SMILES string of the molecule is O=C(COC(=O)c1nc(-c2cccs2)n(-c2ccc(F)cc2)n1)NCCc1ccc(F)cc1. The first-order valence-corrected chi connectivity index (χ1v) is 10.8. The minimum atomic E-state index is -0.859. The molecule has 7 nitrogen and oxygen atoms in total. The summed E-state index contributed by atoms with van der Waals surface area (Å²) in [6.45, 7) is -0.191. The second-order valence-electron chi connectivity index (χ2n) is 6.93. The Hall–Kier alpha value is -3.92. The van der Waals surface area contributed by atoms with Gasteiger partial charge < -0.3 is 10.1 Å². The van der Waals surface area contributed by atoms with Crippen molar-refractivity contribution in [2.45, 2.75) is 6.42 Å². The van der Waals surface area contributed by atoms with Crippen LogP contribution in [0.25, 0.3) is 16.4 Å². The molecule has 0 spiro atoms. The van der Waals surface area contributed by atoms with Crippen molar-refractivity contribution in [1.29, 1.82) is 0 Å². The molecule has 0 atom stereocenters. The molecule has 2 heterocycles. The van der Waals surface area contributed by atoms with E-state index in [1.165, 1.54) is 52.4 Å². The first kappa shape index (κ1) is 22.3. The Morgan fingerprint density at radius 1 is 1.00 bits per heavy atom. The lowest BCUT2D eigenvalue weighted by atomic mass is 10.1. The third kappa shape index (κ3) is 5.66. The summed E-state index contributed by atoms with van der Waals surface area (Å²) in [5.74, 6) is -1.90. The van der Waals surface area contributed by atoms with Crippen molar-refractivity contribution in [2.75, 3.05) is 13.2 Å². The third-order valence-electron chi connectivity index (χ3n) is 4.59. The highest BCUT2D eigenvalue weighted by molar-refractivity contribution is 7.13. The quantitative estimate of drug-likeness (QED) is 0.398. The summed E-state index contributed by atoms with van der Waals surface area (Å²) >= 11 is 1.40. The van der Waals surface area contributed by atoms with E-state index in [1.54, 1.807) is 12.1 Å². The van der Waals surface area contributed by atoms with Gasteiger partial charge in [0.1, 0.15) is 11.6 Å². The number of halogens is 2. The summed E-state index contributed by atoms with van der Waals surface area (Å²) in [7, 11) is 0. The number of thiophene rings is 1. The molecule has 0 saturated heterocycles. The second-order valence-corrected chi connectivity index (χ2v) is 7.87. The molecule has 33 heavy (non-hydrogen) atoms. The fourth-order valence-corrected chi connectivity index (χ4v) is 3.67. The predicted molar refractivity (Wildman–Crippen MR) is 118 cm³/mol. The number of ether oxygens (including phenoxy) is 1. The van der Waals surface area contributed by atoms with Crippen LogP contribution in [0.1, 0.15) is 16.2 Å². The van der Waals surface area contributed by atoms with Crippen molar-refractivity contribution < 1.29 is 23.1 Å². The molecule has 0 unspecified atom stereocenters. The number of nitrogens with zero attached hydrogens (tertiary/aromatic N) is 3. The number of carbonyl (C=O) groups excluding carboxylic acids is 2. The van der Waals surface area contributed by atoms with Gasteiger partial charge in [0.05, 0.1) is 10.6 Å². The fourth-order valence-electron chi connectivity index (χ4n) is 2.97. The molecule has 0 saturated carbocycles. The van der Waals surface area contributed by atoms with Gasteiger partial charge in [0.25, 0.3) is 11.7 Å². The van der Waals surface area contributed by atoms with Gasteiger partial charge in [-0.2, -0.15) is 4.98 Å². The number of carbonyl (C=O) groups is 2. The van der Waals surface area contributed by atoms with Crippen LogP contribution >= 0.6 is 11.3 Å². The number of amides is 1. The first-order chi connectivity index (χ1) is 16.0. The van der Waals surface area contributed by atoms with Gasteiger partial charge >= 0.3 is 5.97 Å². The summed E-state index contributed by atoms with van der Waals surface area (Å²) in [5.41, 5.74) is 1.38. The molecule has 0 aliphatic carbocycles. The van der Waals surface area contributed by atoms with E-state index >= 15 is 0 Å². The molecule has 10 heteroatoms. The lowest BCUT2D eigenvalue weighted by Crippen LogP contribution is -2.30. The number of hydrogen-bond donors (Lipinski definition) is 1. The van der Waals surface area contributed by atoms with E-state index in [-0.39, 0.29) is 11.6 Å². The molecular weight excluding hydrogens is 450 g/mol. The van der Waals surface area contributed by atoms with E-state index in [9.17, 15) is 18.4 Å². The topological polar surface area (TPSA) is 86.1 Å². The van der Waals surface area contributed by atoms with Crippen LogP contribution in [0.15, 0.2) is 66.0 Å². The Bertz CT molecular complexity index is 1240. The Kier molecular flexibility index (Phi) is 6.84. The molecule has 0 radical (unpaired) electrons. The smallest absolute Gasteiger partial charge is 0.378 e. The van der Waals surface area contributed by atoms with Gasteiger partial charge in [-0.15, -0.1) is 16.4 Å². The van der Waals surface area contributed by atoms with E-state index in [0.29, 0.717) is 24.5 Å². The number of hydrogen-bond acceptors (Lipinski definition) is 6. The van der Waals surface area contributed by atoms with Gasteiger partial charge in [-0.25, -0.2) is 18.3 Å². The van der Waals surface area contributed by atoms with Crippen LogP contribution < -0.4 is 5.32 Å². The highest BCUT2D eigenvalue weighted by Gasteiger charge is 2.21. The van der Waals surface area contributed by atoms with Crippen molar-refractivity contribution in [2.24, 2.45) is 0 Å². The summed E-state index contributed by atoms with van der Waals surface area (Å²) in [6.07, 6.45) is 0.508. The lowest BCUT2D eigenvalue weighted by Gasteiger charge is -2.06. The van der Waals surface area contributed by atoms with Gasteiger partial charge in [-0.05, 0) is 59.8 Å². The number of rotatable bonds is 8. The third-order valence-corrected chi connectivity index (χ3v) is 5.45. The number of aromatic nitrogens is 3. The van der Waals surface area contributed by atoms with Gasteiger partial charge in [0.15, 0.2) is 12.4 Å². The summed E-state index contributed by atoms with van der Waals surface area (Å²) in [5, 5.41) is 8.69. The van der Waals surface area contributed by atoms with Crippen molar-refractivity contribution in [3.05, 3.63) is 89.1 Å². The van der Waals surface area contributed by atoms with Crippen molar-refractivity contribution in [3.63, 3.8) is 0 Å². The molecule has 4 rings (SSSR count). The standard InChI is InChI=1S/C23H18F2N4O3S/c24-16-5-3-15(4-6-16)11-12-26-20(30)14-32-23(31)21-27-22(19-2-1-13-33-19)29(28-21)18-9-7-17(25)8-10-18/h1-10,13H,11-12,14H2,(H,26,30). The minimum Gasteiger partial charge on any atom is -0.450 e. The van der Waals surface area contributed by atoms with Crippen LogP contribution in [-0.2, 0) is 16.0 Å². The van der Waals surface area contributed by atoms with Gasteiger partial charge in [-0.3, -0.25) is 4.79 Å². The van der Waals surface area contributed by atoms with Gasteiger partial charge in [0.2, 0.25) is 0 Å². The van der Waals surface area contributed by atoms with Crippen LogP contribution in [0, 0.1) is 11.6 Å². The van der Waals surface area contributed by atoms with Crippen LogP contribution in [0.5, 0.6) is 0 Å². The number of esters is 1. The average Bonchev–Trinajstić information content (AvgIpc) is 3.49. The van der Waals surface area contributed by atoms with E-state index in [2.05, 4.69) is 15.4 Å². The number of benzene rings is 2. The second kappa shape index (κ2) is 10.1. The Morgan fingerprint density at radius 3 is 2.36 bits per heavy atom. The lowest BCUT2D eigenvalue weighted by molar-refractivity contribution is -0.124. The Labute approximate surface area is 191 Å². The molecular formula is C23H18F2N4O3S. The monoisotopic (exact) mass is 468 g/mol. The molecule has 0 fully saturated rings. The summed E-state index contributed by atoms with van der Waals surface area (Å²) in [6, 6.07) is 15.2. The van der Waals surface area contributed by atoms with Crippen LogP contribution in [0.3, 0.4) is 0 Å².